The lowest BCUT2D eigenvalue weighted by Crippen LogP contribution is -2.61. The number of hydrogen-bond acceptors (Lipinski definition) is 6. The molecule has 0 bridgehead atoms. The third-order valence-electron chi connectivity index (χ3n) is 4.50. The zero-order chi connectivity index (χ0) is 12.7. The predicted molar refractivity (Wildman–Crippen MR) is 69.6 cm³/mol. The molecule has 1 saturated carbocycles. The highest BCUT2D eigenvalue weighted by atomic mass is 15.6. The fraction of sp³-hybridized carbons (Fsp3) is 0.917. The van der Waals surface area contributed by atoms with Crippen molar-refractivity contribution in [3.05, 3.63) is 5.82 Å². The number of hydrogen-bond donors (Lipinski definition) is 1. The summed E-state index contributed by atoms with van der Waals surface area (Å²) in [5, 5.41) is 15.5. The van der Waals surface area contributed by atoms with Gasteiger partial charge in [0.25, 0.3) is 0 Å². The maximum atomic E-state index is 4.19. The molecule has 0 unspecified atom stereocenters. The molecule has 1 aromatic heterocycles. The number of rotatable bonds is 4. The Morgan fingerprint density at radius 2 is 1.84 bits per heavy atom. The maximum Gasteiger partial charge on any atom is 0.165 e. The van der Waals surface area contributed by atoms with Crippen LogP contribution in [0.5, 0.6) is 0 Å². The fourth-order valence-corrected chi connectivity index (χ4v) is 2.94. The van der Waals surface area contributed by atoms with E-state index in [1.54, 1.807) is 0 Å². The highest BCUT2D eigenvalue weighted by molar-refractivity contribution is 4.92. The smallest absolute Gasteiger partial charge is 0.165 e. The van der Waals surface area contributed by atoms with Crippen LogP contribution in [0.1, 0.15) is 24.7 Å². The Morgan fingerprint density at radius 1 is 1.05 bits per heavy atom. The van der Waals surface area contributed by atoms with Crippen molar-refractivity contribution in [1.29, 1.82) is 0 Å². The van der Waals surface area contributed by atoms with E-state index in [1.165, 1.54) is 39.0 Å². The molecule has 2 aliphatic heterocycles. The summed E-state index contributed by atoms with van der Waals surface area (Å²) in [4.78, 5) is 5.09. The fourth-order valence-electron chi connectivity index (χ4n) is 2.94. The van der Waals surface area contributed by atoms with Gasteiger partial charge in [0, 0.05) is 45.3 Å². The quantitative estimate of drug-likeness (QED) is 0.759. The molecule has 3 aliphatic rings. The van der Waals surface area contributed by atoms with Gasteiger partial charge < -0.3 is 5.32 Å². The molecule has 1 aromatic rings. The van der Waals surface area contributed by atoms with Crippen LogP contribution < -0.4 is 5.32 Å². The molecule has 0 radical (unpaired) electrons. The molecule has 0 atom stereocenters. The van der Waals surface area contributed by atoms with Gasteiger partial charge in [-0.05, 0) is 23.3 Å². The van der Waals surface area contributed by atoms with E-state index in [9.17, 15) is 0 Å². The number of piperazine rings is 1. The van der Waals surface area contributed by atoms with Gasteiger partial charge in [-0.3, -0.25) is 9.80 Å². The Labute approximate surface area is 112 Å². The second-order valence-electron chi connectivity index (χ2n) is 5.90. The van der Waals surface area contributed by atoms with Crippen LogP contribution in [-0.4, -0.2) is 75.3 Å². The number of nitrogens with one attached hydrogen (secondary N) is 1. The van der Waals surface area contributed by atoms with Crippen LogP contribution in [0.2, 0.25) is 0 Å². The molecular weight excluding hydrogens is 242 g/mol. The molecule has 19 heavy (non-hydrogen) atoms. The number of aromatic nitrogens is 4. The summed E-state index contributed by atoms with van der Waals surface area (Å²) < 4.78 is 2.03. The van der Waals surface area contributed by atoms with Gasteiger partial charge in [-0.25, -0.2) is 4.68 Å². The summed E-state index contributed by atoms with van der Waals surface area (Å²) >= 11 is 0. The van der Waals surface area contributed by atoms with Crippen LogP contribution in [0.25, 0.3) is 0 Å². The van der Waals surface area contributed by atoms with E-state index in [0.717, 1.165) is 31.5 Å². The highest BCUT2D eigenvalue weighted by Gasteiger charge is 2.30. The Bertz CT molecular complexity index is 429. The minimum absolute atomic E-state index is 0.576. The Morgan fingerprint density at radius 3 is 2.47 bits per heavy atom. The molecule has 1 aliphatic carbocycles. The standard InChI is InChI=1S/C12H21N7/c1-2-10(1)19-12(14-15-16-19)9-17-3-5-18(6-4-17)11-7-13-8-11/h10-11,13H,1-9H2. The Kier molecular flexibility index (Phi) is 2.97. The molecular formula is C12H21N7. The van der Waals surface area contributed by atoms with Crippen LogP contribution in [-0.2, 0) is 6.54 Å². The molecule has 0 amide bonds. The molecule has 4 rings (SSSR count). The van der Waals surface area contributed by atoms with Gasteiger partial charge in [0.2, 0.25) is 0 Å². The monoisotopic (exact) mass is 263 g/mol. The molecule has 0 aromatic carbocycles. The lowest BCUT2D eigenvalue weighted by molar-refractivity contribution is 0.0677. The Balaban J connectivity index is 1.32. The maximum absolute atomic E-state index is 4.19. The number of tetrazole rings is 1. The summed E-state index contributed by atoms with van der Waals surface area (Å²) in [5.74, 6) is 1.04. The topological polar surface area (TPSA) is 62.1 Å². The first-order valence-corrected chi connectivity index (χ1v) is 7.34. The van der Waals surface area contributed by atoms with Gasteiger partial charge in [0.15, 0.2) is 5.82 Å². The minimum Gasteiger partial charge on any atom is -0.314 e. The van der Waals surface area contributed by atoms with Crippen molar-refractivity contribution in [2.75, 3.05) is 39.3 Å². The first-order valence-electron chi connectivity index (χ1n) is 7.34. The van der Waals surface area contributed by atoms with Crippen LogP contribution >= 0.6 is 0 Å². The molecule has 3 fully saturated rings. The molecule has 3 heterocycles. The first-order chi connectivity index (χ1) is 9.40. The number of nitrogens with zero attached hydrogens (tertiary/aromatic N) is 6. The van der Waals surface area contributed by atoms with Crippen LogP contribution in [0.15, 0.2) is 0 Å². The molecule has 104 valence electrons. The van der Waals surface area contributed by atoms with Crippen molar-refractivity contribution in [2.45, 2.75) is 31.5 Å². The van der Waals surface area contributed by atoms with E-state index in [1.807, 2.05) is 4.68 Å². The lowest BCUT2D eigenvalue weighted by atomic mass is 10.1. The third-order valence-corrected chi connectivity index (χ3v) is 4.50. The summed E-state index contributed by atoms with van der Waals surface area (Å²) in [5.41, 5.74) is 0. The van der Waals surface area contributed by atoms with Crippen LogP contribution in [0.3, 0.4) is 0 Å². The van der Waals surface area contributed by atoms with Crippen molar-refractivity contribution < 1.29 is 0 Å². The molecule has 7 nitrogen and oxygen atoms in total. The zero-order valence-electron chi connectivity index (χ0n) is 11.2. The van der Waals surface area contributed by atoms with E-state index in [-0.39, 0.29) is 0 Å². The summed E-state index contributed by atoms with van der Waals surface area (Å²) in [7, 11) is 0. The van der Waals surface area contributed by atoms with Gasteiger partial charge in [-0.15, -0.1) is 5.10 Å². The van der Waals surface area contributed by atoms with Gasteiger partial charge in [0.1, 0.15) is 0 Å². The Hall–Kier alpha value is -1.05. The van der Waals surface area contributed by atoms with Crippen molar-refractivity contribution in [3.8, 4) is 0 Å². The van der Waals surface area contributed by atoms with Crippen molar-refractivity contribution in [1.82, 2.24) is 35.3 Å². The molecule has 7 heteroatoms. The minimum atomic E-state index is 0.576. The van der Waals surface area contributed by atoms with Crippen molar-refractivity contribution >= 4 is 0 Å². The molecule has 1 N–H and O–H groups in total. The second-order valence-corrected chi connectivity index (χ2v) is 5.90. The zero-order valence-corrected chi connectivity index (χ0v) is 11.2. The van der Waals surface area contributed by atoms with Gasteiger partial charge in [-0.1, -0.05) is 0 Å². The second kappa shape index (κ2) is 4.81. The first kappa shape index (κ1) is 11.7. The van der Waals surface area contributed by atoms with Gasteiger partial charge in [0.05, 0.1) is 12.6 Å². The van der Waals surface area contributed by atoms with Crippen LogP contribution in [0.4, 0.5) is 0 Å². The lowest BCUT2D eigenvalue weighted by Gasteiger charge is -2.43. The predicted octanol–water partition coefficient (Wildman–Crippen LogP) is -0.903. The van der Waals surface area contributed by atoms with Gasteiger partial charge in [-0.2, -0.15) is 0 Å². The molecule has 0 spiro atoms. The average molecular weight is 263 g/mol. The van der Waals surface area contributed by atoms with E-state index in [0.29, 0.717) is 6.04 Å². The average Bonchev–Trinajstić information content (AvgIpc) is 3.11. The highest BCUT2D eigenvalue weighted by Crippen LogP contribution is 2.34. The summed E-state index contributed by atoms with van der Waals surface area (Å²) in [6.07, 6.45) is 2.47. The summed E-state index contributed by atoms with van der Waals surface area (Å²) in [6.45, 7) is 7.86. The largest absolute Gasteiger partial charge is 0.314 e. The normalized spacial score (nSPS) is 26.5. The van der Waals surface area contributed by atoms with Crippen molar-refractivity contribution in [3.63, 3.8) is 0 Å². The summed E-state index contributed by atoms with van der Waals surface area (Å²) in [6, 6.07) is 1.35. The van der Waals surface area contributed by atoms with Crippen LogP contribution in [0, 0.1) is 0 Å². The molecule has 2 saturated heterocycles. The van der Waals surface area contributed by atoms with E-state index in [2.05, 4.69) is 30.6 Å². The van der Waals surface area contributed by atoms with E-state index < -0.39 is 0 Å². The SMILES string of the molecule is C1NCC1N1CCN(Cc2nnnn2C2CC2)CC1. The van der Waals surface area contributed by atoms with E-state index in [4.69, 9.17) is 0 Å². The van der Waals surface area contributed by atoms with Crippen molar-refractivity contribution in [2.24, 2.45) is 0 Å². The third kappa shape index (κ3) is 2.37. The van der Waals surface area contributed by atoms with E-state index >= 15 is 0 Å². The van der Waals surface area contributed by atoms with Gasteiger partial charge >= 0.3 is 0 Å².